The first kappa shape index (κ1) is 22.6. The molecular weight excluding hydrogens is 485 g/mol. The second-order valence-corrected chi connectivity index (χ2v) is 10.4. The molecule has 0 atom stereocenters. The van der Waals surface area contributed by atoms with Crippen LogP contribution in [0.4, 0.5) is 4.39 Å². The van der Waals surface area contributed by atoms with E-state index in [1.807, 2.05) is 12.1 Å². The summed E-state index contributed by atoms with van der Waals surface area (Å²) in [7, 11) is 0. The van der Waals surface area contributed by atoms with Gasteiger partial charge in [-0.3, -0.25) is 0 Å². The summed E-state index contributed by atoms with van der Waals surface area (Å²) in [6.07, 6.45) is 0. The van der Waals surface area contributed by atoms with Gasteiger partial charge in [0.2, 0.25) is 0 Å². The third-order valence-corrected chi connectivity index (χ3v) is 8.07. The lowest BCUT2D eigenvalue weighted by atomic mass is 9.93. The summed E-state index contributed by atoms with van der Waals surface area (Å²) < 4.78 is 14.9. The zero-order valence-corrected chi connectivity index (χ0v) is 21.3. The van der Waals surface area contributed by atoms with Crippen molar-refractivity contribution in [2.45, 2.75) is 0 Å². The molecule has 0 spiro atoms. The predicted octanol–water partition coefficient (Wildman–Crippen LogP) is 10.3. The summed E-state index contributed by atoms with van der Waals surface area (Å²) in [6.45, 7) is 0. The van der Waals surface area contributed by atoms with Gasteiger partial charge in [0.15, 0.2) is 0 Å². The van der Waals surface area contributed by atoms with Gasteiger partial charge in [0.05, 0.1) is 10.2 Å². The van der Waals surface area contributed by atoms with E-state index in [1.165, 1.54) is 32.7 Å². The molecule has 0 bridgehead atoms. The number of nitrogens with zero attached hydrogens (tertiary/aromatic N) is 1. The van der Waals surface area contributed by atoms with Crippen LogP contribution in [0, 0.1) is 5.82 Å². The van der Waals surface area contributed by atoms with Gasteiger partial charge in [-0.2, -0.15) is 0 Å². The van der Waals surface area contributed by atoms with Crippen molar-refractivity contribution in [1.29, 1.82) is 0 Å². The highest BCUT2D eigenvalue weighted by atomic mass is 32.1. The lowest BCUT2D eigenvalue weighted by molar-refractivity contribution is 0.628. The van der Waals surface area contributed by atoms with Crippen LogP contribution in [0.1, 0.15) is 0 Å². The molecule has 0 N–H and O–H groups in total. The molecule has 0 unspecified atom stereocenters. The molecule has 180 valence electrons. The SMILES string of the molecule is Fc1cccc(-c2ccc(-c3cccc(-c4ccc(-c5nc6ccccc6s5)c5ccccc45)c3)cc2)c1. The monoisotopic (exact) mass is 507 g/mol. The number of rotatable bonds is 4. The van der Waals surface area contributed by atoms with E-state index < -0.39 is 0 Å². The zero-order valence-electron chi connectivity index (χ0n) is 20.4. The first-order valence-electron chi connectivity index (χ1n) is 12.6. The fourth-order valence-electron chi connectivity index (χ4n) is 5.11. The number of hydrogen-bond acceptors (Lipinski definition) is 2. The number of halogens is 1. The Balaban J connectivity index is 1.28. The minimum Gasteiger partial charge on any atom is -0.236 e. The number of hydrogen-bond donors (Lipinski definition) is 0. The van der Waals surface area contributed by atoms with Crippen LogP contribution < -0.4 is 0 Å². The number of aromatic nitrogens is 1. The molecule has 3 heteroatoms. The Morgan fingerprint density at radius 2 is 1.08 bits per heavy atom. The Labute approximate surface area is 224 Å². The standard InChI is InChI=1S/C35H22FNS/c36-28-10-6-8-26(22-28)24-17-15-23(16-18-24)25-7-5-9-27(21-25)29-19-20-32(31-12-2-1-11-30(29)31)35-37-33-13-3-4-14-34(33)38-35/h1-22H. The van der Waals surface area contributed by atoms with Crippen molar-refractivity contribution in [1.82, 2.24) is 4.98 Å². The van der Waals surface area contributed by atoms with Crippen molar-refractivity contribution in [2.75, 3.05) is 0 Å². The molecule has 38 heavy (non-hydrogen) atoms. The van der Waals surface area contributed by atoms with Crippen LogP contribution in [0.2, 0.25) is 0 Å². The molecule has 7 rings (SSSR count). The van der Waals surface area contributed by atoms with Crippen molar-refractivity contribution in [3.63, 3.8) is 0 Å². The Hall–Kier alpha value is -4.60. The molecule has 0 radical (unpaired) electrons. The average Bonchev–Trinajstić information content (AvgIpc) is 3.41. The van der Waals surface area contributed by atoms with Crippen molar-refractivity contribution >= 4 is 32.3 Å². The van der Waals surface area contributed by atoms with E-state index in [-0.39, 0.29) is 5.82 Å². The van der Waals surface area contributed by atoms with Gasteiger partial charge in [-0.1, -0.05) is 103 Å². The van der Waals surface area contributed by atoms with Gasteiger partial charge in [-0.25, -0.2) is 9.37 Å². The van der Waals surface area contributed by atoms with Gasteiger partial charge in [0.25, 0.3) is 0 Å². The van der Waals surface area contributed by atoms with Crippen LogP contribution in [-0.2, 0) is 0 Å². The maximum absolute atomic E-state index is 13.7. The molecule has 1 nitrogen and oxygen atoms in total. The second kappa shape index (κ2) is 9.37. The van der Waals surface area contributed by atoms with Crippen LogP contribution in [0.5, 0.6) is 0 Å². The van der Waals surface area contributed by atoms with Crippen molar-refractivity contribution < 1.29 is 4.39 Å². The fourth-order valence-corrected chi connectivity index (χ4v) is 6.12. The Bertz CT molecular complexity index is 1900. The average molecular weight is 508 g/mol. The molecule has 0 aliphatic rings. The van der Waals surface area contributed by atoms with Gasteiger partial charge < -0.3 is 0 Å². The largest absolute Gasteiger partial charge is 0.236 e. The Morgan fingerprint density at radius 1 is 0.474 bits per heavy atom. The molecule has 0 amide bonds. The molecule has 0 saturated carbocycles. The van der Waals surface area contributed by atoms with E-state index in [0.717, 1.165) is 38.3 Å². The fraction of sp³-hybridized carbons (Fsp3) is 0. The molecule has 0 aliphatic heterocycles. The first-order valence-corrected chi connectivity index (χ1v) is 13.4. The summed E-state index contributed by atoms with van der Waals surface area (Å²) in [4.78, 5) is 4.92. The maximum atomic E-state index is 13.7. The number of benzene rings is 6. The first-order chi connectivity index (χ1) is 18.7. The van der Waals surface area contributed by atoms with Gasteiger partial charge in [-0.15, -0.1) is 11.3 Å². The number of para-hydroxylation sites is 1. The molecule has 1 heterocycles. The highest BCUT2D eigenvalue weighted by Crippen LogP contribution is 2.39. The van der Waals surface area contributed by atoms with Crippen molar-refractivity contribution in [3.8, 4) is 44.0 Å². The quantitative estimate of drug-likeness (QED) is 0.231. The van der Waals surface area contributed by atoms with Gasteiger partial charge >= 0.3 is 0 Å². The summed E-state index contributed by atoms with van der Waals surface area (Å²) in [6, 6.07) is 45.0. The van der Waals surface area contributed by atoms with Gasteiger partial charge in [0, 0.05) is 5.56 Å². The molecule has 6 aromatic carbocycles. The highest BCUT2D eigenvalue weighted by Gasteiger charge is 2.13. The number of thiazole rings is 1. The summed E-state index contributed by atoms with van der Waals surface area (Å²) in [5.41, 5.74) is 8.72. The minimum atomic E-state index is -0.222. The predicted molar refractivity (Wildman–Crippen MR) is 159 cm³/mol. The summed E-state index contributed by atoms with van der Waals surface area (Å²) in [5.74, 6) is -0.222. The highest BCUT2D eigenvalue weighted by molar-refractivity contribution is 7.21. The van der Waals surface area contributed by atoms with Crippen molar-refractivity contribution in [2.24, 2.45) is 0 Å². The molecular formula is C35H22FNS. The van der Waals surface area contributed by atoms with Crippen LogP contribution in [0.25, 0.3) is 64.9 Å². The maximum Gasteiger partial charge on any atom is 0.125 e. The normalized spacial score (nSPS) is 11.3. The minimum absolute atomic E-state index is 0.222. The lowest BCUT2D eigenvalue weighted by Crippen LogP contribution is -1.87. The molecule has 0 saturated heterocycles. The van der Waals surface area contributed by atoms with E-state index in [4.69, 9.17) is 4.98 Å². The smallest absolute Gasteiger partial charge is 0.125 e. The molecule has 0 aliphatic carbocycles. The van der Waals surface area contributed by atoms with Gasteiger partial charge in [-0.05, 0) is 74.5 Å². The van der Waals surface area contributed by atoms with E-state index in [2.05, 4.69) is 103 Å². The van der Waals surface area contributed by atoms with Crippen LogP contribution in [0.3, 0.4) is 0 Å². The van der Waals surface area contributed by atoms with E-state index >= 15 is 0 Å². The molecule has 1 aromatic heterocycles. The third kappa shape index (κ3) is 4.07. The summed E-state index contributed by atoms with van der Waals surface area (Å²) >= 11 is 1.73. The van der Waals surface area contributed by atoms with Crippen LogP contribution in [0.15, 0.2) is 133 Å². The van der Waals surface area contributed by atoms with Crippen LogP contribution >= 0.6 is 11.3 Å². The van der Waals surface area contributed by atoms with E-state index in [0.29, 0.717) is 0 Å². The van der Waals surface area contributed by atoms with Crippen molar-refractivity contribution in [3.05, 3.63) is 139 Å². The summed E-state index contributed by atoms with van der Waals surface area (Å²) in [5, 5.41) is 3.46. The number of fused-ring (bicyclic) bond motifs is 2. The zero-order chi connectivity index (χ0) is 25.5. The topological polar surface area (TPSA) is 12.9 Å². The van der Waals surface area contributed by atoms with E-state index in [9.17, 15) is 4.39 Å². The van der Waals surface area contributed by atoms with Gasteiger partial charge in [0.1, 0.15) is 10.8 Å². The molecule has 7 aromatic rings. The lowest BCUT2D eigenvalue weighted by Gasteiger charge is -2.12. The van der Waals surface area contributed by atoms with Crippen LogP contribution in [-0.4, -0.2) is 4.98 Å². The second-order valence-electron chi connectivity index (χ2n) is 9.36. The third-order valence-electron chi connectivity index (χ3n) is 7.00. The van der Waals surface area contributed by atoms with E-state index in [1.54, 1.807) is 23.5 Å². The Kier molecular flexibility index (Phi) is 5.57. The molecule has 0 fully saturated rings. The Morgan fingerprint density at radius 3 is 1.82 bits per heavy atom.